The van der Waals surface area contributed by atoms with Crippen molar-refractivity contribution in [3.05, 3.63) is 43.0 Å². The molecule has 1 aromatic heterocycles. The molecule has 4 atom stereocenters. The number of nitrogens with zero attached hydrogens (tertiary/aromatic N) is 4. The molecule has 2 rings (SSSR count). The lowest BCUT2D eigenvalue weighted by atomic mass is 9.84. The Labute approximate surface area is 137 Å². The summed E-state index contributed by atoms with van der Waals surface area (Å²) >= 11 is 0. The molecule has 1 unspecified atom stereocenters. The van der Waals surface area contributed by atoms with Crippen LogP contribution in [0.25, 0.3) is 10.4 Å². The number of carbonyl (C=O) groups excluding carboxylic acids is 1. The molecule has 1 N–H and O–H groups in total. The second-order valence-corrected chi connectivity index (χ2v) is 5.80. The minimum absolute atomic E-state index is 0.0286. The zero-order valence-corrected chi connectivity index (χ0v) is 13.6. The Bertz CT molecular complexity index is 780. The molecule has 0 spiro atoms. The number of H-pyrrole nitrogens is 1. The molecule has 0 amide bonds. The van der Waals surface area contributed by atoms with Gasteiger partial charge in [0.2, 0.25) is 0 Å². The largest absolute Gasteiger partial charge is 0.465 e. The molecule has 1 aliphatic heterocycles. The predicted molar refractivity (Wildman–Crippen MR) is 83.3 cm³/mol. The fourth-order valence-corrected chi connectivity index (χ4v) is 3.04. The molecule has 2 heterocycles. The van der Waals surface area contributed by atoms with Crippen LogP contribution in [0.1, 0.15) is 32.1 Å². The zero-order chi connectivity index (χ0) is 17.9. The first kappa shape index (κ1) is 17.8. The number of hydrogen-bond donors (Lipinski definition) is 1. The lowest BCUT2D eigenvalue weighted by molar-refractivity contribution is -0.149. The Hall–Kier alpha value is -2.58. The predicted octanol–water partition coefficient (Wildman–Crippen LogP) is 1.01. The summed E-state index contributed by atoms with van der Waals surface area (Å²) in [6.07, 6.45) is 0.937. The van der Waals surface area contributed by atoms with E-state index in [1.165, 1.54) is 10.8 Å². The van der Waals surface area contributed by atoms with Crippen LogP contribution in [0.3, 0.4) is 0 Å². The van der Waals surface area contributed by atoms with Gasteiger partial charge in [-0.3, -0.25) is 19.1 Å². The van der Waals surface area contributed by atoms with E-state index in [-0.39, 0.29) is 12.5 Å². The van der Waals surface area contributed by atoms with E-state index in [1.54, 1.807) is 13.8 Å². The standard InChI is InChI=1S/C14H19N5O5/c1-4-14(6-23-7-20)9(3)10(17-18-15)12(24-14)19-5-8(2)11(21)16-13(19)22/h5,7,9-10,12H,4,6H2,1-3H3,(H,16,21,22)/t9-,10?,12-,14+/m1/s1. The van der Waals surface area contributed by atoms with Crippen molar-refractivity contribution in [1.29, 1.82) is 0 Å². The maximum absolute atomic E-state index is 12.2. The van der Waals surface area contributed by atoms with E-state index >= 15 is 0 Å². The van der Waals surface area contributed by atoms with Crippen molar-refractivity contribution >= 4 is 6.47 Å². The summed E-state index contributed by atoms with van der Waals surface area (Å²) in [5, 5.41) is 3.77. The third-order valence-electron chi connectivity index (χ3n) is 4.59. The summed E-state index contributed by atoms with van der Waals surface area (Å²) in [7, 11) is 0. The van der Waals surface area contributed by atoms with E-state index < -0.39 is 29.1 Å². The van der Waals surface area contributed by atoms with Crippen LogP contribution in [0.5, 0.6) is 0 Å². The molecule has 1 aliphatic rings. The van der Waals surface area contributed by atoms with Crippen molar-refractivity contribution in [2.24, 2.45) is 11.0 Å². The smallest absolute Gasteiger partial charge is 0.330 e. The van der Waals surface area contributed by atoms with Crippen LogP contribution < -0.4 is 11.2 Å². The van der Waals surface area contributed by atoms with E-state index in [4.69, 9.17) is 15.0 Å². The Morgan fingerprint density at radius 3 is 2.88 bits per heavy atom. The molecule has 1 fully saturated rings. The first-order chi connectivity index (χ1) is 11.4. The van der Waals surface area contributed by atoms with Crippen LogP contribution in [-0.2, 0) is 14.3 Å². The Kier molecular flexibility index (Phi) is 5.10. The number of aryl methyl sites for hydroxylation is 1. The van der Waals surface area contributed by atoms with E-state index in [9.17, 15) is 14.4 Å². The van der Waals surface area contributed by atoms with Crippen LogP contribution in [-0.4, -0.2) is 34.3 Å². The number of azide groups is 1. The molecule has 0 radical (unpaired) electrons. The SMILES string of the molecule is CC[C@@]1(COC=O)O[C@@H](n2cc(C)c(=O)[nH]c2=O)C(N=[N+]=[N-])[C@H]1C. The Morgan fingerprint density at radius 1 is 1.58 bits per heavy atom. The first-order valence-electron chi connectivity index (χ1n) is 7.49. The van der Waals surface area contributed by atoms with Gasteiger partial charge < -0.3 is 9.47 Å². The molecule has 130 valence electrons. The van der Waals surface area contributed by atoms with Crippen LogP contribution in [0.2, 0.25) is 0 Å². The van der Waals surface area contributed by atoms with Crippen LogP contribution in [0.15, 0.2) is 20.9 Å². The van der Waals surface area contributed by atoms with E-state index in [0.717, 1.165) is 0 Å². The third kappa shape index (κ3) is 2.93. The Balaban J connectivity index is 2.54. The number of aromatic amines is 1. The number of nitrogens with one attached hydrogen (secondary N) is 1. The summed E-state index contributed by atoms with van der Waals surface area (Å²) in [4.78, 5) is 39.3. The lowest BCUT2D eigenvalue weighted by Gasteiger charge is -2.31. The van der Waals surface area contributed by atoms with Crippen molar-refractivity contribution in [3.8, 4) is 0 Å². The second-order valence-electron chi connectivity index (χ2n) is 5.80. The molecule has 0 saturated carbocycles. The quantitative estimate of drug-likeness (QED) is 0.357. The summed E-state index contributed by atoms with van der Waals surface area (Å²) in [6.45, 7) is 5.50. The van der Waals surface area contributed by atoms with Gasteiger partial charge in [-0.05, 0) is 18.9 Å². The highest BCUT2D eigenvalue weighted by Crippen LogP contribution is 2.45. The highest BCUT2D eigenvalue weighted by Gasteiger charge is 2.53. The Morgan fingerprint density at radius 2 is 2.29 bits per heavy atom. The molecule has 0 aliphatic carbocycles. The molecule has 1 aromatic rings. The fourth-order valence-electron chi connectivity index (χ4n) is 3.04. The molecule has 24 heavy (non-hydrogen) atoms. The molecular weight excluding hydrogens is 318 g/mol. The van der Waals surface area contributed by atoms with Crippen LogP contribution in [0, 0.1) is 12.8 Å². The molecule has 1 saturated heterocycles. The average Bonchev–Trinajstić information content (AvgIpc) is 2.83. The summed E-state index contributed by atoms with van der Waals surface area (Å²) < 4.78 is 12.1. The molecule has 10 heteroatoms. The van der Waals surface area contributed by atoms with Crippen LogP contribution in [0.4, 0.5) is 0 Å². The minimum atomic E-state index is -0.908. The monoisotopic (exact) mass is 337 g/mol. The van der Waals surface area contributed by atoms with Gasteiger partial charge in [-0.15, -0.1) is 0 Å². The van der Waals surface area contributed by atoms with Gasteiger partial charge in [0.1, 0.15) is 18.4 Å². The number of aromatic nitrogens is 2. The van der Waals surface area contributed by atoms with E-state index in [2.05, 4.69) is 15.0 Å². The number of hydrogen-bond acceptors (Lipinski definition) is 6. The van der Waals surface area contributed by atoms with Gasteiger partial charge >= 0.3 is 5.69 Å². The van der Waals surface area contributed by atoms with Crippen molar-refractivity contribution < 1.29 is 14.3 Å². The number of rotatable bonds is 6. The average molecular weight is 337 g/mol. The highest BCUT2D eigenvalue weighted by atomic mass is 16.6. The normalized spacial score (nSPS) is 29.0. The highest BCUT2D eigenvalue weighted by molar-refractivity contribution is 5.37. The summed E-state index contributed by atoms with van der Waals surface area (Å²) in [5.74, 6) is -0.317. The fraction of sp³-hybridized carbons (Fsp3) is 0.643. The van der Waals surface area contributed by atoms with Crippen molar-refractivity contribution in [2.45, 2.75) is 45.1 Å². The van der Waals surface area contributed by atoms with Gasteiger partial charge in [-0.2, -0.15) is 0 Å². The summed E-state index contributed by atoms with van der Waals surface area (Å²) in [5.41, 5.74) is 7.14. The topological polar surface area (TPSA) is 139 Å². The third-order valence-corrected chi connectivity index (χ3v) is 4.59. The second kappa shape index (κ2) is 6.90. The maximum atomic E-state index is 12.2. The maximum Gasteiger partial charge on any atom is 0.330 e. The molecule has 10 nitrogen and oxygen atoms in total. The minimum Gasteiger partial charge on any atom is -0.465 e. The van der Waals surface area contributed by atoms with Gasteiger partial charge in [0.05, 0.1) is 6.04 Å². The van der Waals surface area contributed by atoms with Gasteiger partial charge in [-0.1, -0.05) is 19.0 Å². The van der Waals surface area contributed by atoms with E-state index in [0.29, 0.717) is 18.5 Å². The first-order valence-corrected chi connectivity index (χ1v) is 7.49. The molecule has 0 aromatic carbocycles. The van der Waals surface area contributed by atoms with E-state index in [1.807, 2.05) is 6.92 Å². The number of carbonyl (C=O) groups is 1. The number of ether oxygens (including phenoxy) is 2. The molecule has 0 bridgehead atoms. The van der Waals surface area contributed by atoms with Crippen molar-refractivity contribution in [3.63, 3.8) is 0 Å². The van der Waals surface area contributed by atoms with Gasteiger partial charge in [0.25, 0.3) is 12.0 Å². The van der Waals surface area contributed by atoms with Gasteiger partial charge in [-0.25, -0.2) is 4.79 Å². The molecular formula is C14H19N5O5. The van der Waals surface area contributed by atoms with Crippen LogP contribution >= 0.6 is 0 Å². The van der Waals surface area contributed by atoms with Crippen molar-refractivity contribution in [2.75, 3.05) is 6.61 Å². The lowest BCUT2D eigenvalue weighted by Crippen LogP contribution is -2.40. The van der Waals surface area contributed by atoms with Crippen molar-refractivity contribution in [1.82, 2.24) is 9.55 Å². The summed E-state index contributed by atoms with van der Waals surface area (Å²) in [6, 6.07) is -0.701. The van der Waals surface area contributed by atoms with Gasteiger partial charge in [0, 0.05) is 22.6 Å². The zero-order valence-electron chi connectivity index (χ0n) is 13.6. The van der Waals surface area contributed by atoms with Gasteiger partial charge in [0.15, 0.2) is 0 Å².